The topological polar surface area (TPSA) is 64.4 Å². The van der Waals surface area contributed by atoms with Crippen LogP contribution < -0.4 is 9.04 Å². The molecular weight excluding hydrogens is 431 g/mol. The second-order valence-electron chi connectivity index (χ2n) is 7.30. The third-order valence-corrected chi connectivity index (χ3v) is 7.14. The number of aromatic nitrogens is 2. The smallest absolute Gasteiger partial charge is 0.416 e. The molecule has 0 bridgehead atoms. The summed E-state index contributed by atoms with van der Waals surface area (Å²) in [5, 5.41) is 4.39. The number of ether oxygens (including phenoxy) is 1. The minimum absolute atomic E-state index is 0.0139. The highest BCUT2D eigenvalue weighted by atomic mass is 32.2. The van der Waals surface area contributed by atoms with Gasteiger partial charge in [-0.25, -0.2) is 8.42 Å². The van der Waals surface area contributed by atoms with Crippen LogP contribution >= 0.6 is 0 Å². The Labute approximate surface area is 177 Å². The molecule has 0 atom stereocenters. The van der Waals surface area contributed by atoms with Crippen LogP contribution in [0.15, 0.2) is 47.4 Å². The van der Waals surface area contributed by atoms with E-state index in [4.69, 9.17) is 4.74 Å². The lowest BCUT2D eigenvalue weighted by molar-refractivity contribution is -0.137. The number of aryl methyl sites for hydroxylation is 2. The highest BCUT2D eigenvalue weighted by Crippen LogP contribution is 2.40. The Morgan fingerprint density at radius 1 is 1.10 bits per heavy atom. The van der Waals surface area contributed by atoms with E-state index in [-0.39, 0.29) is 18.8 Å². The molecule has 164 valence electrons. The lowest BCUT2D eigenvalue weighted by Crippen LogP contribution is -2.38. The van der Waals surface area contributed by atoms with Crippen molar-refractivity contribution >= 4 is 15.7 Å². The second kappa shape index (κ2) is 7.30. The van der Waals surface area contributed by atoms with Gasteiger partial charge >= 0.3 is 6.18 Å². The average Bonchev–Trinajstić information content (AvgIpc) is 2.98. The third-order valence-electron chi connectivity index (χ3n) is 5.33. The number of fused-ring (bicyclic) bond motifs is 1. The van der Waals surface area contributed by atoms with Gasteiger partial charge in [0.2, 0.25) is 0 Å². The van der Waals surface area contributed by atoms with E-state index in [2.05, 4.69) is 5.10 Å². The van der Waals surface area contributed by atoms with Crippen molar-refractivity contribution in [2.24, 2.45) is 7.05 Å². The first-order chi connectivity index (χ1) is 14.5. The van der Waals surface area contributed by atoms with Crippen LogP contribution in [0.25, 0.3) is 11.1 Å². The normalized spacial score (nSPS) is 14.3. The quantitative estimate of drug-likeness (QED) is 0.595. The molecule has 0 fully saturated rings. The van der Waals surface area contributed by atoms with Crippen molar-refractivity contribution in [1.29, 1.82) is 0 Å². The molecule has 1 aliphatic heterocycles. The Morgan fingerprint density at radius 3 is 2.48 bits per heavy atom. The van der Waals surface area contributed by atoms with Gasteiger partial charge in [-0.05, 0) is 49.7 Å². The number of anilines is 1. The predicted molar refractivity (Wildman–Crippen MR) is 110 cm³/mol. The zero-order chi connectivity index (χ0) is 22.6. The van der Waals surface area contributed by atoms with Crippen molar-refractivity contribution < 1.29 is 26.3 Å². The van der Waals surface area contributed by atoms with Gasteiger partial charge in [0.25, 0.3) is 10.0 Å². The second-order valence-corrected chi connectivity index (χ2v) is 9.17. The zero-order valence-electron chi connectivity index (χ0n) is 17.1. The van der Waals surface area contributed by atoms with Gasteiger partial charge in [0, 0.05) is 18.3 Å². The van der Waals surface area contributed by atoms with Gasteiger partial charge < -0.3 is 4.74 Å². The van der Waals surface area contributed by atoms with Crippen LogP contribution in [-0.4, -0.2) is 31.3 Å². The van der Waals surface area contributed by atoms with Gasteiger partial charge in [-0.3, -0.25) is 8.99 Å². The Morgan fingerprint density at radius 2 is 1.84 bits per heavy atom. The number of nitrogens with zero attached hydrogens (tertiary/aromatic N) is 3. The summed E-state index contributed by atoms with van der Waals surface area (Å²) in [5.74, 6) is 0.352. The Bertz CT molecular complexity index is 1270. The van der Waals surface area contributed by atoms with Crippen molar-refractivity contribution in [3.05, 3.63) is 59.4 Å². The summed E-state index contributed by atoms with van der Waals surface area (Å²) in [7, 11) is -2.42. The van der Waals surface area contributed by atoms with Crippen molar-refractivity contribution in [3.8, 4) is 16.9 Å². The number of halogens is 3. The molecule has 4 rings (SSSR count). The Hall–Kier alpha value is -3.01. The molecule has 0 saturated carbocycles. The van der Waals surface area contributed by atoms with Crippen LogP contribution in [0.5, 0.6) is 5.75 Å². The summed E-state index contributed by atoms with van der Waals surface area (Å²) < 4.78 is 74.4. The first-order valence-electron chi connectivity index (χ1n) is 9.47. The molecular formula is C21H20F3N3O3S. The highest BCUT2D eigenvalue weighted by molar-refractivity contribution is 7.92. The molecule has 0 radical (unpaired) electrons. The summed E-state index contributed by atoms with van der Waals surface area (Å²) in [6.45, 7) is 3.84. The molecule has 2 aromatic carbocycles. The summed E-state index contributed by atoms with van der Waals surface area (Å²) in [6.07, 6.45) is -4.64. The van der Waals surface area contributed by atoms with Crippen LogP contribution in [0.3, 0.4) is 0 Å². The predicted octanol–water partition coefficient (Wildman–Crippen LogP) is 4.31. The van der Waals surface area contributed by atoms with E-state index in [9.17, 15) is 21.6 Å². The third kappa shape index (κ3) is 3.65. The maximum Gasteiger partial charge on any atom is 0.416 e. The van der Waals surface area contributed by atoms with Crippen molar-refractivity contribution in [1.82, 2.24) is 9.78 Å². The van der Waals surface area contributed by atoms with Crippen molar-refractivity contribution in [2.45, 2.75) is 24.9 Å². The monoisotopic (exact) mass is 451 g/mol. The fourth-order valence-electron chi connectivity index (χ4n) is 3.75. The van der Waals surface area contributed by atoms with E-state index < -0.39 is 26.7 Å². The minimum atomic E-state index is -4.64. The Kier molecular flexibility index (Phi) is 5.00. The van der Waals surface area contributed by atoms with Crippen molar-refractivity contribution in [3.63, 3.8) is 0 Å². The number of hydrogen-bond donors (Lipinski definition) is 0. The van der Waals surface area contributed by atoms with E-state index in [1.54, 1.807) is 16.8 Å². The van der Waals surface area contributed by atoms with Crippen LogP contribution in [0.1, 0.15) is 17.0 Å². The molecule has 10 heteroatoms. The molecule has 0 unspecified atom stereocenters. The zero-order valence-corrected chi connectivity index (χ0v) is 17.9. The maximum atomic E-state index is 13.3. The average molecular weight is 451 g/mol. The molecule has 0 aliphatic carbocycles. The largest absolute Gasteiger partial charge is 0.489 e. The van der Waals surface area contributed by atoms with Gasteiger partial charge in [-0.1, -0.05) is 12.1 Å². The molecule has 0 spiro atoms. The number of hydrogen-bond acceptors (Lipinski definition) is 4. The molecule has 2 heterocycles. The molecule has 3 aromatic rings. The molecule has 6 nitrogen and oxygen atoms in total. The molecule has 0 amide bonds. The van der Waals surface area contributed by atoms with E-state index in [0.29, 0.717) is 11.8 Å². The lowest BCUT2D eigenvalue weighted by atomic mass is 10.0. The molecule has 0 saturated heterocycles. The fourth-order valence-corrected chi connectivity index (χ4v) is 5.25. The highest BCUT2D eigenvalue weighted by Gasteiger charge is 2.35. The molecule has 31 heavy (non-hydrogen) atoms. The standard InChI is InChI=1S/C21H20F3N3O3S/c1-13-20(14(2)26(3)25-13)15-7-8-19-18(11-15)27(9-10-30-19)31(28,29)17-6-4-5-16(12-17)21(22,23)24/h4-8,11-12H,9-10H2,1-3H3. The van der Waals surface area contributed by atoms with E-state index in [0.717, 1.165) is 39.0 Å². The van der Waals surface area contributed by atoms with Crippen LogP contribution in [0.2, 0.25) is 0 Å². The van der Waals surface area contributed by atoms with Crippen LogP contribution in [-0.2, 0) is 23.2 Å². The SMILES string of the molecule is Cc1nn(C)c(C)c1-c1ccc2c(c1)N(S(=O)(=O)c1cccc(C(F)(F)F)c1)CCO2. The van der Waals surface area contributed by atoms with Gasteiger partial charge in [0.05, 0.1) is 28.4 Å². The summed E-state index contributed by atoms with van der Waals surface area (Å²) in [6, 6.07) is 8.92. The molecule has 0 N–H and O–H groups in total. The molecule has 1 aromatic heterocycles. The molecule has 1 aliphatic rings. The van der Waals surface area contributed by atoms with E-state index in [1.165, 1.54) is 6.07 Å². The van der Waals surface area contributed by atoms with Gasteiger partial charge in [0.1, 0.15) is 12.4 Å². The van der Waals surface area contributed by atoms with E-state index >= 15 is 0 Å². The van der Waals surface area contributed by atoms with Crippen LogP contribution in [0, 0.1) is 13.8 Å². The summed E-state index contributed by atoms with van der Waals surface area (Å²) in [5.41, 5.74) is 2.57. The first-order valence-corrected chi connectivity index (χ1v) is 10.9. The number of rotatable bonds is 3. The summed E-state index contributed by atoms with van der Waals surface area (Å²) >= 11 is 0. The van der Waals surface area contributed by atoms with Crippen molar-refractivity contribution in [2.75, 3.05) is 17.5 Å². The number of alkyl halides is 3. The lowest BCUT2D eigenvalue weighted by Gasteiger charge is -2.31. The fraction of sp³-hybridized carbons (Fsp3) is 0.286. The number of benzene rings is 2. The van der Waals surface area contributed by atoms with Gasteiger partial charge in [0.15, 0.2) is 0 Å². The first kappa shape index (κ1) is 21.2. The van der Waals surface area contributed by atoms with E-state index in [1.807, 2.05) is 27.0 Å². The summed E-state index contributed by atoms with van der Waals surface area (Å²) in [4.78, 5) is -0.422. The van der Waals surface area contributed by atoms with Crippen LogP contribution in [0.4, 0.5) is 18.9 Å². The minimum Gasteiger partial charge on any atom is -0.489 e. The van der Waals surface area contributed by atoms with Gasteiger partial charge in [-0.2, -0.15) is 18.3 Å². The Balaban J connectivity index is 1.83. The number of sulfonamides is 1. The maximum absolute atomic E-state index is 13.3. The van der Waals surface area contributed by atoms with Gasteiger partial charge in [-0.15, -0.1) is 0 Å².